The summed E-state index contributed by atoms with van der Waals surface area (Å²) in [4.78, 5) is 32.4. The zero-order chi connectivity index (χ0) is 18.2. The molecule has 1 amide bonds. The lowest BCUT2D eigenvalue weighted by molar-refractivity contribution is -0.384. The lowest BCUT2D eigenvalue weighted by Gasteiger charge is -2.03. The fourth-order valence-corrected chi connectivity index (χ4v) is 1.79. The Balaban J connectivity index is 1.94. The summed E-state index contributed by atoms with van der Waals surface area (Å²) in [5, 5.41) is 23.0. The van der Waals surface area contributed by atoms with Crippen LogP contribution in [0.1, 0.15) is 15.9 Å². The van der Waals surface area contributed by atoms with Crippen LogP contribution in [0.4, 0.5) is 5.69 Å². The molecule has 0 spiro atoms. The lowest BCUT2D eigenvalue weighted by Crippen LogP contribution is -2.17. The molecule has 0 aliphatic rings. The summed E-state index contributed by atoms with van der Waals surface area (Å²) in [5.74, 6) is -1.27. The smallest absolute Gasteiger partial charge is 0.341 e. The van der Waals surface area contributed by atoms with E-state index in [2.05, 4.69) is 10.5 Å². The van der Waals surface area contributed by atoms with Crippen LogP contribution >= 0.6 is 0 Å². The number of hydrazone groups is 1. The van der Waals surface area contributed by atoms with E-state index < -0.39 is 23.4 Å². The molecule has 0 fully saturated rings. The number of carboxylic acid groups (broad SMARTS) is 1. The maximum Gasteiger partial charge on any atom is 0.341 e. The molecule has 128 valence electrons. The van der Waals surface area contributed by atoms with E-state index in [1.54, 1.807) is 24.3 Å². The van der Waals surface area contributed by atoms with Gasteiger partial charge in [-0.05, 0) is 35.9 Å². The molecule has 0 unspecified atom stereocenters. The molecule has 0 bridgehead atoms. The SMILES string of the molecule is O=C(O)COc1ccc(/C=N/NC(=O)c2cccc([N+](=O)[O-])c2)cc1. The second-order valence-corrected chi connectivity index (χ2v) is 4.76. The number of hydrogen-bond donors (Lipinski definition) is 2. The van der Waals surface area contributed by atoms with Gasteiger partial charge in [0.05, 0.1) is 11.1 Å². The van der Waals surface area contributed by atoms with Gasteiger partial charge in [-0.15, -0.1) is 0 Å². The van der Waals surface area contributed by atoms with Gasteiger partial charge in [0, 0.05) is 17.7 Å². The molecule has 0 aromatic heterocycles. The molecule has 2 aromatic rings. The van der Waals surface area contributed by atoms with Crippen LogP contribution in [0.2, 0.25) is 0 Å². The number of ether oxygens (including phenoxy) is 1. The molecule has 9 heteroatoms. The Labute approximate surface area is 141 Å². The summed E-state index contributed by atoms with van der Waals surface area (Å²) >= 11 is 0. The normalized spacial score (nSPS) is 10.4. The second-order valence-electron chi connectivity index (χ2n) is 4.76. The molecule has 0 atom stereocenters. The van der Waals surface area contributed by atoms with Gasteiger partial charge in [-0.3, -0.25) is 14.9 Å². The van der Waals surface area contributed by atoms with Gasteiger partial charge < -0.3 is 9.84 Å². The van der Waals surface area contributed by atoms with Crippen molar-refractivity contribution < 1.29 is 24.4 Å². The number of hydrogen-bond acceptors (Lipinski definition) is 6. The summed E-state index contributed by atoms with van der Waals surface area (Å²) in [6.07, 6.45) is 1.37. The minimum atomic E-state index is -1.07. The van der Waals surface area contributed by atoms with Gasteiger partial charge in [0.1, 0.15) is 5.75 Å². The van der Waals surface area contributed by atoms with Crippen LogP contribution in [0.5, 0.6) is 5.75 Å². The molecular formula is C16H13N3O6. The highest BCUT2D eigenvalue weighted by molar-refractivity contribution is 5.95. The van der Waals surface area contributed by atoms with Crippen LogP contribution in [-0.2, 0) is 4.79 Å². The monoisotopic (exact) mass is 343 g/mol. The van der Waals surface area contributed by atoms with Crippen LogP contribution in [0, 0.1) is 10.1 Å². The van der Waals surface area contributed by atoms with Crippen LogP contribution < -0.4 is 10.2 Å². The minimum Gasteiger partial charge on any atom is -0.482 e. The van der Waals surface area contributed by atoms with Crippen LogP contribution in [-0.4, -0.2) is 34.7 Å². The number of nitrogens with zero attached hydrogens (tertiary/aromatic N) is 2. The molecule has 0 saturated carbocycles. The number of carboxylic acids is 1. The Morgan fingerprint density at radius 2 is 1.96 bits per heavy atom. The Bertz CT molecular complexity index is 817. The highest BCUT2D eigenvalue weighted by atomic mass is 16.6. The van der Waals surface area contributed by atoms with Crippen molar-refractivity contribution in [2.45, 2.75) is 0 Å². The van der Waals surface area contributed by atoms with Gasteiger partial charge in [-0.1, -0.05) is 6.07 Å². The molecule has 0 aliphatic heterocycles. The first-order valence-corrected chi connectivity index (χ1v) is 6.98. The molecule has 0 aliphatic carbocycles. The van der Waals surface area contributed by atoms with Crippen molar-refractivity contribution in [3.63, 3.8) is 0 Å². The van der Waals surface area contributed by atoms with E-state index >= 15 is 0 Å². The van der Waals surface area contributed by atoms with Gasteiger partial charge in [0.25, 0.3) is 11.6 Å². The minimum absolute atomic E-state index is 0.115. The van der Waals surface area contributed by atoms with Gasteiger partial charge in [0.2, 0.25) is 0 Å². The van der Waals surface area contributed by atoms with Crippen molar-refractivity contribution in [1.82, 2.24) is 5.43 Å². The van der Waals surface area contributed by atoms with Gasteiger partial charge in [-0.25, -0.2) is 10.2 Å². The average Bonchev–Trinajstić information content (AvgIpc) is 2.61. The van der Waals surface area contributed by atoms with E-state index in [0.717, 1.165) is 6.07 Å². The number of carbonyl (C=O) groups excluding carboxylic acids is 1. The van der Waals surface area contributed by atoms with E-state index in [9.17, 15) is 19.7 Å². The second kappa shape index (κ2) is 8.20. The fraction of sp³-hybridized carbons (Fsp3) is 0.0625. The quantitative estimate of drug-likeness (QED) is 0.448. The zero-order valence-electron chi connectivity index (χ0n) is 12.8. The first-order valence-electron chi connectivity index (χ1n) is 6.98. The summed E-state index contributed by atoms with van der Waals surface area (Å²) in [7, 11) is 0. The summed E-state index contributed by atoms with van der Waals surface area (Å²) < 4.78 is 4.98. The molecule has 2 rings (SSSR count). The van der Waals surface area contributed by atoms with Gasteiger partial charge >= 0.3 is 5.97 Å². The van der Waals surface area contributed by atoms with E-state index in [0.29, 0.717) is 11.3 Å². The molecule has 2 aromatic carbocycles. The Morgan fingerprint density at radius 1 is 1.24 bits per heavy atom. The largest absolute Gasteiger partial charge is 0.482 e. The number of nitrogens with one attached hydrogen (secondary N) is 1. The van der Waals surface area contributed by atoms with Crippen molar-refractivity contribution in [3.8, 4) is 5.75 Å². The van der Waals surface area contributed by atoms with Gasteiger partial charge in [-0.2, -0.15) is 5.10 Å². The third kappa shape index (κ3) is 5.43. The molecule has 0 heterocycles. The van der Waals surface area contributed by atoms with E-state index in [1.165, 1.54) is 24.4 Å². The summed E-state index contributed by atoms with van der Waals surface area (Å²) in [6.45, 7) is -0.438. The van der Waals surface area contributed by atoms with E-state index in [1.807, 2.05) is 0 Å². The third-order valence-corrected chi connectivity index (χ3v) is 2.94. The molecule has 0 radical (unpaired) electrons. The molecule has 2 N–H and O–H groups in total. The van der Waals surface area contributed by atoms with Crippen molar-refractivity contribution in [3.05, 3.63) is 69.8 Å². The number of aliphatic carboxylic acids is 1. The Morgan fingerprint density at radius 3 is 2.60 bits per heavy atom. The van der Waals surface area contributed by atoms with Crippen molar-refractivity contribution in [2.75, 3.05) is 6.61 Å². The lowest BCUT2D eigenvalue weighted by atomic mass is 10.2. The van der Waals surface area contributed by atoms with Crippen molar-refractivity contribution in [1.29, 1.82) is 0 Å². The van der Waals surface area contributed by atoms with Crippen LogP contribution in [0.3, 0.4) is 0 Å². The van der Waals surface area contributed by atoms with Crippen molar-refractivity contribution >= 4 is 23.8 Å². The Hall–Kier alpha value is -3.75. The van der Waals surface area contributed by atoms with Crippen LogP contribution in [0.25, 0.3) is 0 Å². The predicted octanol–water partition coefficient (Wildman–Crippen LogP) is 1.82. The molecule has 25 heavy (non-hydrogen) atoms. The standard InChI is InChI=1S/C16H13N3O6/c20-15(21)10-25-14-6-4-11(5-7-14)9-17-18-16(22)12-2-1-3-13(8-12)19(23)24/h1-9H,10H2,(H,18,22)(H,20,21)/b17-9+. The van der Waals surface area contributed by atoms with Gasteiger partial charge in [0.15, 0.2) is 6.61 Å². The number of nitro groups is 1. The van der Waals surface area contributed by atoms with E-state index in [-0.39, 0.29) is 11.3 Å². The van der Waals surface area contributed by atoms with Crippen molar-refractivity contribution in [2.24, 2.45) is 5.10 Å². The number of carbonyl (C=O) groups is 2. The summed E-state index contributed by atoms with van der Waals surface area (Å²) in [5.41, 5.74) is 2.84. The van der Waals surface area contributed by atoms with E-state index in [4.69, 9.17) is 9.84 Å². The maximum absolute atomic E-state index is 11.9. The average molecular weight is 343 g/mol. The first-order chi connectivity index (χ1) is 12.0. The number of rotatable bonds is 7. The number of non-ortho nitro benzene ring substituents is 1. The Kier molecular flexibility index (Phi) is 5.77. The highest BCUT2D eigenvalue weighted by Crippen LogP contribution is 2.13. The highest BCUT2D eigenvalue weighted by Gasteiger charge is 2.10. The molecule has 0 saturated heterocycles. The number of amides is 1. The fourth-order valence-electron chi connectivity index (χ4n) is 1.79. The molecule has 9 nitrogen and oxygen atoms in total. The zero-order valence-corrected chi connectivity index (χ0v) is 12.8. The van der Waals surface area contributed by atoms with Crippen LogP contribution in [0.15, 0.2) is 53.6 Å². The number of benzene rings is 2. The predicted molar refractivity (Wildman–Crippen MR) is 87.7 cm³/mol. The topological polar surface area (TPSA) is 131 Å². The molecular weight excluding hydrogens is 330 g/mol. The summed E-state index contributed by atoms with van der Waals surface area (Å²) in [6, 6.07) is 11.7. The third-order valence-electron chi connectivity index (χ3n) is 2.94. The first kappa shape index (κ1) is 17.6. The number of nitro benzene ring substituents is 1. The maximum atomic E-state index is 11.9.